The molecule has 0 aliphatic carbocycles. The van der Waals surface area contributed by atoms with E-state index in [0.29, 0.717) is 12.2 Å². The van der Waals surface area contributed by atoms with Crippen molar-refractivity contribution < 1.29 is 4.79 Å². The fourth-order valence-corrected chi connectivity index (χ4v) is 0.514. The fourth-order valence-electron chi connectivity index (χ4n) is 0.423. The van der Waals surface area contributed by atoms with E-state index in [9.17, 15) is 4.79 Å². The van der Waals surface area contributed by atoms with Gasteiger partial charge in [-0.1, -0.05) is 6.92 Å². The summed E-state index contributed by atoms with van der Waals surface area (Å²) in [5, 5.41) is 2.76. The molecule has 0 rings (SSSR count). The van der Waals surface area contributed by atoms with E-state index in [1.54, 1.807) is 0 Å². The largest absolute Gasteiger partial charge is 0.353 e. The van der Waals surface area contributed by atoms with Crippen LogP contribution in [0.25, 0.3) is 0 Å². The molecule has 9 heavy (non-hydrogen) atoms. The molecule has 0 heterocycles. The van der Waals surface area contributed by atoms with Crippen LogP contribution in [0.15, 0.2) is 0 Å². The molecule has 0 radical (unpaired) electrons. The van der Waals surface area contributed by atoms with Crippen LogP contribution in [0, 0.1) is 0 Å². The minimum atomic E-state index is 0.0940. The highest BCUT2D eigenvalue weighted by Crippen LogP contribution is 1.85. The molecule has 0 aliphatic rings. The molecule has 1 N–H and O–H groups in total. The molecule has 2 nitrogen and oxygen atoms in total. The minimum absolute atomic E-state index is 0.0940. The Hall–Kier alpha value is -0.180. The smallest absolute Gasteiger partial charge is 0.219 e. The Balaban J connectivity index is 3.34. The number of amides is 1. The molecule has 0 saturated carbocycles. The lowest BCUT2D eigenvalue weighted by atomic mass is 10.3. The predicted molar refractivity (Wildman–Crippen MR) is 41.7 cm³/mol. The molecule has 0 aromatic carbocycles. The molecule has 0 aromatic rings. The first-order valence-corrected chi connectivity index (χ1v) is 3.74. The van der Waals surface area contributed by atoms with Crippen LogP contribution in [0.3, 0.4) is 0 Å². The molecule has 1 unspecified atom stereocenters. The Kier molecular flexibility index (Phi) is 4.58. The predicted octanol–water partition coefficient (Wildman–Crippen LogP) is 0.831. The Morgan fingerprint density at radius 3 is 2.67 bits per heavy atom. The van der Waals surface area contributed by atoms with Crippen LogP contribution < -0.4 is 5.32 Å². The molecule has 0 aliphatic heterocycles. The van der Waals surface area contributed by atoms with Gasteiger partial charge in [0.15, 0.2) is 0 Å². The van der Waals surface area contributed by atoms with Gasteiger partial charge in [0.2, 0.25) is 5.91 Å². The van der Waals surface area contributed by atoms with E-state index in [0.717, 1.165) is 0 Å². The fraction of sp³-hybridized carbons (Fsp3) is 0.833. The summed E-state index contributed by atoms with van der Waals surface area (Å²) in [6, 6.07) is 0.195. The van der Waals surface area contributed by atoms with E-state index in [-0.39, 0.29) is 11.9 Å². The second kappa shape index (κ2) is 4.68. The van der Waals surface area contributed by atoms with Crippen molar-refractivity contribution in [3.63, 3.8) is 0 Å². The third kappa shape index (κ3) is 4.33. The van der Waals surface area contributed by atoms with Crippen molar-refractivity contribution in [2.24, 2.45) is 0 Å². The van der Waals surface area contributed by atoms with E-state index in [1.165, 1.54) is 0 Å². The third-order valence-electron chi connectivity index (χ3n) is 1.00. The highest BCUT2D eigenvalue weighted by Gasteiger charge is 2.00. The van der Waals surface area contributed by atoms with Crippen LogP contribution in [0.5, 0.6) is 0 Å². The van der Waals surface area contributed by atoms with Gasteiger partial charge in [0.1, 0.15) is 0 Å². The molecule has 0 aromatic heterocycles. The Labute approximate surface area is 61.4 Å². The summed E-state index contributed by atoms with van der Waals surface area (Å²) < 4.78 is 0. The lowest BCUT2D eigenvalue weighted by Gasteiger charge is -2.08. The lowest BCUT2D eigenvalue weighted by Crippen LogP contribution is -2.32. The van der Waals surface area contributed by atoms with Gasteiger partial charge in [0, 0.05) is 18.2 Å². The zero-order valence-electron chi connectivity index (χ0n) is 5.85. The maximum absolute atomic E-state index is 10.6. The third-order valence-corrected chi connectivity index (χ3v) is 1.55. The summed E-state index contributed by atoms with van der Waals surface area (Å²) in [4.78, 5) is 10.6. The van der Waals surface area contributed by atoms with Gasteiger partial charge in [-0.2, -0.15) is 12.6 Å². The van der Waals surface area contributed by atoms with E-state index < -0.39 is 0 Å². The van der Waals surface area contributed by atoms with Crippen LogP contribution >= 0.6 is 12.6 Å². The van der Waals surface area contributed by atoms with Crippen LogP contribution in [0.2, 0.25) is 0 Å². The maximum atomic E-state index is 10.6. The van der Waals surface area contributed by atoms with Crippen molar-refractivity contribution in [1.82, 2.24) is 5.32 Å². The quantitative estimate of drug-likeness (QED) is 0.569. The molecule has 54 valence electrons. The maximum Gasteiger partial charge on any atom is 0.219 e. The van der Waals surface area contributed by atoms with Crippen molar-refractivity contribution in [2.45, 2.75) is 26.3 Å². The Morgan fingerprint density at radius 2 is 2.33 bits per heavy atom. The summed E-state index contributed by atoms with van der Waals surface area (Å²) >= 11 is 4.01. The number of carbonyl (C=O) groups excluding carboxylic acids is 1. The lowest BCUT2D eigenvalue weighted by molar-refractivity contribution is -0.121. The van der Waals surface area contributed by atoms with E-state index in [4.69, 9.17) is 0 Å². The number of nitrogens with one attached hydrogen (secondary N) is 1. The van der Waals surface area contributed by atoms with Crippen molar-refractivity contribution >= 4 is 18.5 Å². The number of hydrogen-bond donors (Lipinski definition) is 2. The van der Waals surface area contributed by atoms with Gasteiger partial charge in [0.05, 0.1) is 0 Å². The Morgan fingerprint density at radius 1 is 1.78 bits per heavy atom. The zero-order valence-corrected chi connectivity index (χ0v) is 6.74. The van der Waals surface area contributed by atoms with Gasteiger partial charge in [-0.25, -0.2) is 0 Å². The van der Waals surface area contributed by atoms with Crippen LogP contribution in [-0.2, 0) is 4.79 Å². The summed E-state index contributed by atoms with van der Waals surface area (Å²) in [5.41, 5.74) is 0. The monoisotopic (exact) mass is 147 g/mol. The second-order valence-electron chi connectivity index (χ2n) is 2.00. The summed E-state index contributed by atoms with van der Waals surface area (Å²) in [6.45, 7) is 3.77. The molecule has 3 heteroatoms. The average Bonchev–Trinajstić information content (AvgIpc) is 1.87. The molecule has 0 fully saturated rings. The first-order chi connectivity index (χ1) is 4.20. The molecule has 0 spiro atoms. The van der Waals surface area contributed by atoms with E-state index in [2.05, 4.69) is 17.9 Å². The molecule has 0 bridgehead atoms. The summed E-state index contributed by atoms with van der Waals surface area (Å²) in [5.74, 6) is 0.794. The minimum Gasteiger partial charge on any atom is -0.353 e. The first-order valence-electron chi connectivity index (χ1n) is 3.11. The SMILES string of the molecule is CCC(=O)NC(C)CS. The van der Waals surface area contributed by atoms with Gasteiger partial charge >= 0.3 is 0 Å². The number of rotatable bonds is 3. The molecule has 0 saturated heterocycles. The van der Waals surface area contributed by atoms with E-state index >= 15 is 0 Å². The van der Waals surface area contributed by atoms with Gasteiger partial charge in [0.25, 0.3) is 0 Å². The zero-order chi connectivity index (χ0) is 7.28. The molecule has 1 atom stereocenters. The average molecular weight is 147 g/mol. The van der Waals surface area contributed by atoms with Crippen molar-refractivity contribution in [3.05, 3.63) is 0 Å². The van der Waals surface area contributed by atoms with Crippen LogP contribution in [0.1, 0.15) is 20.3 Å². The number of carbonyl (C=O) groups is 1. The van der Waals surface area contributed by atoms with Gasteiger partial charge in [-0.15, -0.1) is 0 Å². The topological polar surface area (TPSA) is 29.1 Å². The van der Waals surface area contributed by atoms with Gasteiger partial charge in [-0.05, 0) is 6.92 Å². The Bertz CT molecular complexity index is 95.1. The normalized spacial score (nSPS) is 12.8. The highest BCUT2D eigenvalue weighted by molar-refractivity contribution is 7.80. The summed E-state index contributed by atoms with van der Waals surface area (Å²) in [6.07, 6.45) is 0.554. The number of thiol groups is 1. The van der Waals surface area contributed by atoms with Crippen molar-refractivity contribution in [1.29, 1.82) is 0 Å². The molecular formula is C6H13NOS. The molecular weight excluding hydrogens is 134 g/mol. The van der Waals surface area contributed by atoms with Crippen LogP contribution in [-0.4, -0.2) is 17.7 Å². The molecule has 1 amide bonds. The number of hydrogen-bond acceptors (Lipinski definition) is 2. The van der Waals surface area contributed by atoms with Crippen molar-refractivity contribution in [2.75, 3.05) is 5.75 Å². The standard InChI is InChI=1S/C6H13NOS/c1-3-6(8)7-5(2)4-9/h5,9H,3-4H2,1-2H3,(H,7,8). The van der Waals surface area contributed by atoms with Crippen LogP contribution in [0.4, 0.5) is 0 Å². The second-order valence-corrected chi connectivity index (χ2v) is 2.37. The summed E-state index contributed by atoms with van der Waals surface area (Å²) in [7, 11) is 0. The van der Waals surface area contributed by atoms with Gasteiger partial charge in [-0.3, -0.25) is 4.79 Å². The first kappa shape index (κ1) is 8.82. The van der Waals surface area contributed by atoms with E-state index in [1.807, 2.05) is 13.8 Å². The van der Waals surface area contributed by atoms with Gasteiger partial charge < -0.3 is 5.32 Å². The highest BCUT2D eigenvalue weighted by atomic mass is 32.1. The van der Waals surface area contributed by atoms with Crippen molar-refractivity contribution in [3.8, 4) is 0 Å².